The number of aromatic amines is 1. The monoisotopic (exact) mass is 510 g/mol. The number of anilines is 2. The van der Waals surface area contributed by atoms with Crippen LogP contribution in [0, 0.1) is 0 Å². The number of halogens is 1. The maximum absolute atomic E-state index is 12.8. The van der Waals surface area contributed by atoms with E-state index in [2.05, 4.69) is 20.6 Å². The molecule has 1 aromatic heterocycles. The first kappa shape index (κ1) is 23.8. The molecule has 8 nitrogen and oxygen atoms in total. The number of rotatable bonds is 6. The van der Waals surface area contributed by atoms with E-state index in [1.165, 1.54) is 18.2 Å². The van der Waals surface area contributed by atoms with Crippen LogP contribution in [0.1, 0.15) is 31.1 Å². The fourth-order valence-corrected chi connectivity index (χ4v) is 3.90. The molecule has 5 aromatic rings. The Morgan fingerprint density at radius 2 is 1.46 bits per heavy atom. The molecule has 0 radical (unpaired) electrons. The number of nitrogens with zero attached hydrogens (tertiary/aromatic N) is 1. The molecule has 4 N–H and O–H groups in total. The van der Waals surface area contributed by atoms with Gasteiger partial charge in [0.1, 0.15) is 5.82 Å². The molecule has 0 bridgehead atoms. The van der Waals surface area contributed by atoms with E-state index in [1.807, 2.05) is 24.3 Å². The van der Waals surface area contributed by atoms with E-state index in [1.54, 1.807) is 48.5 Å². The molecule has 0 saturated carbocycles. The van der Waals surface area contributed by atoms with Crippen LogP contribution in [0.4, 0.5) is 11.4 Å². The van der Waals surface area contributed by atoms with Gasteiger partial charge in [-0.3, -0.25) is 9.59 Å². The first-order valence-electron chi connectivity index (χ1n) is 11.2. The van der Waals surface area contributed by atoms with Gasteiger partial charge in [-0.1, -0.05) is 35.9 Å². The standard InChI is InChI=1S/C28H19ClN4O4/c29-19-10-12-20(13-11-19)30-27(35)18-9-14-22(21(15-18)28(36)37)33-26(34)17-7-5-16(6-8-17)25-31-23-3-1-2-4-24(23)32-25/h1-15H,(H,30,35)(H,31,32)(H,33,34)(H,36,37). The van der Waals surface area contributed by atoms with Crippen molar-refractivity contribution in [2.75, 3.05) is 10.6 Å². The average Bonchev–Trinajstić information content (AvgIpc) is 3.34. The maximum Gasteiger partial charge on any atom is 0.337 e. The molecule has 2 amide bonds. The molecule has 0 aliphatic carbocycles. The van der Waals surface area contributed by atoms with Crippen molar-refractivity contribution >= 4 is 51.8 Å². The summed E-state index contributed by atoms with van der Waals surface area (Å²) in [5.41, 5.74) is 3.38. The van der Waals surface area contributed by atoms with Crippen LogP contribution >= 0.6 is 11.6 Å². The number of imidazole rings is 1. The third-order valence-corrected chi connectivity index (χ3v) is 5.92. The normalized spacial score (nSPS) is 10.7. The maximum atomic E-state index is 12.8. The molecule has 0 unspecified atom stereocenters. The number of H-pyrrole nitrogens is 1. The summed E-state index contributed by atoms with van der Waals surface area (Å²) in [6.45, 7) is 0. The Balaban J connectivity index is 1.32. The van der Waals surface area contributed by atoms with Crippen LogP contribution in [0.3, 0.4) is 0 Å². The van der Waals surface area contributed by atoms with E-state index in [9.17, 15) is 19.5 Å². The lowest BCUT2D eigenvalue weighted by Crippen LogP contribution is -2.17. The molecule has 4 aromatic carbocycles. The smallest absolute Gasteiger partial charge is 0.337 e. The molecular formula is C28H19ClN4O4. The fraction of sp³-hybridized carbons (Fsp3) is 0. The molecular weight excluding hydrogens is 492 g/mol. The van der Waals surface area contributed by atoms with Crippen LogP contribution in [0.15, 0.2) is 91.0 Å². The second-order valence-electron chi connectivity index (χ2n) is 8.16. The Kier molecular flexibility index (Phi) is 6.40. The van der Waals surface area contributed by atoms with Crippen LogP contribution in [0.2, 0.25) is 5.02 Å². The highest BCUT2D eigenvalue weighted by Crippen LogP contribution is 2.23. The Morgan fingerprint density at radius 3 is 2.16 bits per heavy atom. The summed E-state index contributed by atoms with van der Waals surface area (Å²) in [6.07, 6.45) is 0. The molecule has 1 heterocycles. The van der Waals surface area contributed by atoms with Gasteiger partial charge in [0.2, 0.25) is 0 Å². The quantitative estimate of drug-likeness (QED) is 0.220. The SMILES string of the molecule is O=C(Nc1ccc(Cl)cc1)c1ccc(NC(=O)c2ccc(-c3nc4ccccc4[nH]3)cc2)c(C(=O)O)c1. The summed E-state index contributed by atoms with van der Waals surface area (Å²) >= 11 is 5.86. The Morgan fingerprint density at radius 1 is 0.784 bits per heavy atom. The van der Waals surface area contributed by atoms with Crippen molar-refractivity contribution in [2.45, 2.75) is 0 Å². The molecule has 0 aliphatic rings. The molecule has 9 heteroatoms. The molecule has 5 rings (SSSR count). The van der Waals surface area contributed by atoms with Crippen LogP contribution in [-0.4, -0.2) is 32.9 Å². The van der Waals surface area contributed by atoms with Gasteiger partial charge in [0.05, 0.1) is 22.3 Å². The number of para-hydroxylation sites is 2. The number of hydrogen-bond acceptors (Lipinski definition) is 4. The second kappa shape index (κ2) is 9.96. The topological polar surface area (TPSA) is 124 Å². The third-order valence-electron chi connectivity index (χ3n) is 5.67. The highest BCUT2D eigenvalue weighted by atomic mass is 35.5. The zero-order valence-corrected chi connectivity index (χ0v) is 19.9. The minimum Gasteiger partial charge on any atom is -0.478 e. The van der Waals surface area contributed by atoms with E-state index < -0.39 is 17.8 Å². The van der Waals surface area contributed by atoms with Crippen molar-refractivity contribution < 1.29 is 19.5 Å². The predicted molar refractivity (Wildman–Crippen MR) is 142 cm³/mol. The Bertz CT molecular complexity index is 1610. The largest absolute Gasteiger partial charge is 0.478 e. The second-order valence-corrected chi connectivity index (χ2v) is 8.60. The third kappa shape index (κ3) is 5.19. The van der Waals surface area contributed by atoms with Gasteiger partial charge in [0.25, 0.3) is 11.8 Å². The molecule has 0 aliphatic heterocycles. The van der Waals surface area contributed by atoms with Gasteiger partial charge >= 0.3 is 5.97 Å². The number of carbonyl (C=O) groups is 3. The van der Waals surface area contributed by atoms with Crippen molar-refractivity contribution in [3.8, 4) is 11.4 Å². The van der Waals surface area contributed by atoms with Crippen molar-refractivity contribution in [3.63, 3.8) is 0 Å². The summed E-state index contributed by atoms with van der Waals surface area (Å²) < 4.78 is 0. The molecule has 0 saturated heterocycles. The number of fused-ring (bicyclic) bond motifs is 1. The molecule has 0 atom stereocenters. The lowest BCUT2D eigenvalue weighted by Gasteiger charge is -2.11. The minimum absolute atomic E-state index is 0.0712. The van der Waals surface area contributed by atoms with Crippen molar-refractivity contribution in [3.05, 3.63) is 113 Å². The van der Waals surface area contributed by atoms with E-state index in [0.29, 0.717) is 22.1 Å². The number of aromatic nitrogens is 2. The lowest BCUT2D eigenvalue weighted by atomic mass is 10.1. The van der Waals surface area contributed by atoms with E-state index in [4.69, 9.17) is 11.6 Å². The minimum atomic E-state index is -1.28. The van der Waals surface area contributed by atoms with Crippen LogP contribution < -0.4 is 10.6 Å². The van der Waals surface area contributed by atoms with Crippen LogP contribution in [0.5, 0.6) is 0 Å². The summed E-state index contributed by atoms with van der Waals surface area (Å²) in [4.78, 5) is 45.1. The average molecular weight is 511 g/mol. The van der Waals surface area contributed by atoms with Gasteiger partial charge in [0, 0.05) is 27.4 Å². The van der Waals surface area contributed by atoms with Crippen LogP contribution in [-0.2, 0) is 0 Å². The summed E-state index contributed by atoms with van der Waals surface area (Å²) in [7, 11) is 0. The summed E-state index contributed by atoms with van der Waals surface area (Å²) in [5, 5.41) is 15.5. The number of hydrogen-bond donors (Lipinski definition) is 4. The number of benzene rings is 4. The van der Waals surface area contributed by atoms with Gasteiger partial charge in [0.15, 0.2) is 0 Å². The van der Waals surface area contributed by atoms with Gasteiger partial charge in [-0.05, 0) is 66.7 Å². The van der Waals surface area contributed by atoms with E-state index in [-0.39, 0.29) is 16.8 Å². The number of carboxylic acids is 1. The molecule has 0 fully saturated rings. The number of nitrogens with one attached hydrogen (secondary N) is 3. The molecule has 0 spiro atoms. The van der Waals surface area contributed by atoms with Gasteiger partial charge < -0.3 is 20.7 Å². The first-order valence-corrected chi connectivity index (χ1v) is 11.6. The molecule has 182 valence electrons. The number of aromatic carboxylic acids is 1. The fourth-order valence-electron chi connectivity index (χ4n) is 3.77. The number of carboxylic acid groups (broad SMARTS) is 1. The lowest BCUT2D eigenvalue weighted by molar-refractivity contribution is 0.0698. The predicted octanol–water partition coefficient (Wildman–Crippen LogP) is 6.09. The number of amides is 2. The first-order chi connectivity index (χ1) is 17.9. The Labute approximate surface area is 215 Å². The highest BCUT2D eigenvalue weighted by molar-refractivity contribution is 6.30. The van der Waals surface area contributed by atoms with Crippen molar-refractivity contribution in [1.29, 1.82) is 0 Å². The number of carbonyl (C=O) groups excluding carboxylic acids is 2. The van der Waals surface area contributed by atoms with E-state index >= 15 is 0 Å². The van der Waals surface area contributed by atoms with Crippen LogP contribution in [0.25, 0.3) is 22.4 Å². The van der Waals surface area contributed by atoms with Gasteiger partial charge in [-0.2, -0.15) is 0 Å². The molecule has 37 heavy (non-hydrogen) atoms. The summed E-state index contributed by atoms with van der Waals surface area (Å²) in [6, 6.07) is 25.0. The van der Waals surface area contributed by atoms with Crippen molar-refractivity contribution in [1.82, 2.24) is 9.97 Å². The zero-order chi connectivity index (χ0) is 25.9. The highest BCUT2D eigenvalue weighted by Gasteiger charge is 2.17. The van der Waals surface area contributed by atoms with Crippen molar-refractivity contribution in [2.24, 2.45) is 0 Å². The summed E-state index contributed by atoms with van der Waals surface area (Å²) in [5.74, 6) is -1.59. The van der Waals surface area contributed by atoms with E-state index in [0.717, 1.165) is 16.6 Å². The zero-order valence-electron chi connectivity index (χ0n) is 19.2. The van der Waals surface area contributed by atoms with Gasteiger partial charge in [-0.15, -0.1) is 0 Å². The Hall–Kier alpha value is -4.95. The van der Waals surface area contributed by atoms with Gasteiger partial charge in [-0.25, -0.2) is 9.78 Å².